The molecule has 0 N–H and O–H groups in total. The Hall–Kier alpha value is -1.94. The Morgan fingerprint density at radius 1 is 1.37 bits per heavy atom. The summed E-state index contributed by atoms with van der Waals surface area (Å²) in [5.41, 5.74) is 1.74. The molecule has 0 amide bonds. The fourth-order valence-electron chi connectivity index (χ4n) is 2.35. The van der Waals surface area contributed by atoms with E-state index in [4.69, 9.17) is 4.74 Å². The van der Waals surface area contributed by atoms with Gasteiger partial charge in [0.2, 0.25) is 0 Å². The highest BCUT2D eigenvalue weighted by Gasteiger charge is 2.30. The van der Waals surface area contributed by atoms with Crippen LogP contribution in [-0.2, 0) is 4.74 Å². The molecular weight excluding hydrogens is 242 g/mol. The second kappa shape index (κ2) is 6.29. The molecule has 0 radical (unpaired) electrons. The van der Waals surface area contributed by atoms with E-state index in [-0.39, 0.29) is 10.6 Å². The van der Waals surface area contributed by atoms with Crippen LogP contribution in [0.2, 0.25) is 0 Å². The Balaban J connectivity index is 2.45. The number of nitrogens with zero attached hydrogens (tertiary/aromatic N) is 1. The van der Waals surface area contributed by atoms with Gasteiger partial charge in [0.05, 0.1) is 4.92 Å². The van der Waals surface area contributed by atoms with E-state index in [2.05, 4.69) is 0 Å². The summed E-state index contributed by atoms with van der Waals surface area (Å²) >= 11 is 0. The van der Waals surface area contributed by atoms with E-state index in [1.807, 2.05) is 42.5 Å². The number of nitro groups is 1. The third-order valence-electron chi connectivity index (χ3n) is 3.25. The fourth-order valence-corrected chi connectivity index (χ4v) is 2.35. The molecule has 0 aliphatic heterocycles. The Labute approximate surface area is 112 Å². The van der Waals surface area contributed by atoms with Crippen molar-refractivity contribution in [3.63, 3.8) is 0 Å². The van der Waals surface area contributed by atoms with Crippen LogP contribution in [0.3, 0.4) is 0 Å². The number of benzene rings is 1. The summed E-state index contributed by atoms with van der Waals surface area (Å²) in [6.45, 7) is 0. The smallest absolute Gasteiger partial charge is 0.282 e. The molecule has 0 aromatic heterocycles. The Kier molecular flexibility index (Phi) is 4.47. The zero-order valence-electron chi connectivity index (χ0n) is 10.9. The van der Waals surface area contributed by atoms with Crippen molar-refractivity contribution < 1.29 is 9.66 Å². The SMILES string of the molecule is COC(/C(=C1\C=CCCC1)[N+](=O)[O-])c1ccccc1. The van der Waals surface area contributed by atoms with Gasteiger partial charge < -0.3 is 4.74 Å². The Morgan fingerprint density at radius 2 is 2.11 bits per heavy atom. The standard InChI is InChI=1S/C15H17NO3/c1-19-15(13-10-6-3-7-11-13)14(16(17)18)12-8-4-2-5-9-12/h3-4,6-8,10-11,15H,2,5,9H2,1H3/b14-12-. The van der Waals surface area contributed by atoms with Gasteiger partial charge in [-0.3, -0.25) is 10.1 Å². The van der Waals surface area contributed by atoms with Crippen LogP contribution in [0.1, 0.15) is 30.9 Å². The van der Waals surface area contributed by atoms with Crippen LogP contribution in [0.25, 0.3) is 0 Å². The van der Waals surface area contributed by atoms with Crippen molar-refractivity contribution in [2.45, 2.75) is 25.4 Å². The van der Waals surface area contributed by atoms with Crippen LogP contribution in [-0.4, -0.2) is 12.0 Å². The van der Waals surface area contributed by atoms with Crippen molar-refractivity contribution in [2.24, 2.45) is 0 Å². The fraction of sp³-hybridized carbons (Fsp3) is 0.333. The predicted octanol–water partition coefficient (Wildman–Crippen LogP) is 3.65. The second-order valence-electron chi connectivity index (χ2n) is 4.49. The maximum absolute atomic E-state index is 11.4. The highest BCUT2D eigenvalue weighted by atomic mass is 16.6. The summed E-state index contributed by atoms with van der Waals surface area (Å²) < 4.78 is 5.38. The van der Waals surface area contributed by atoms with Crippen molar-refractivity contribution in [1.82, 2.24) is 0 Å². The van der Waals surface area contributed by atoms with Gasteiger partial charge in [-0.25, -0.2) is 0 Å². The van der Waals surface area contributed by atoms with Crippen LogP contribution in [0.15, 0.2) is 53.8 Å². The topological polar surface area (TPSA) is 52.4 Å². The summed E-state index contributed by atoms with van der Waals surface area (Å²) in [7, 11) is 1.51. The molecule has 100 valence electrons. The molecule has 1 atom stereocenters. The van der Waals surface area contributed by atoms with Gasteiger partial charge in [-0.15, -0.1) is 0 Å². The summed E-state index contributed by atoms with van der Waals surface area (Å²) in [4.78, 5) is 11.1. The molecule has 1 unspecified atom stereocenters. The van der Waals surface area contributed by atoms with E-state index in [9.17, 15) is 10.1 Å². The number of methoxy groups -OCH3 is 1. The molecule has 0 heterocycles. The number of allylic oxidation sites excluding steroid dienone is 3. The van der Waals surface area contributed by atoms with Crippen LogP contribution >= 0.6 is 0 Å². The summed E-state index contributed by atoms with van der Waals surface area (Å²) in [5, 5.41) is 11.4. The molecule has 19 heavy (non-hydrogen) atoms. The lowest BCUT2D eigenvalue weighted by molar-refractivity contribution is -0.438. The molecule has 0 spiro atoms. The average Bonchev–Trinajstić information content (AvgIpc) is 2.46. The first-order chi connectivity index (χ1) is 9.24. The molecule has 4 heteroatoms. The quantitative estimate of drug-likeness (QED) is 0.612. The lowest BCUT2D eigenvalue weighted by atomic mass is 9.95. The highest BCUT2D eigenvalue weighted by molar-refractivity contribution is 5.32. The molecule has 4 nitrogen and oxygen atoms in total. The minimum atomic E-state index is -0.617. The molecule has 0 bridgehead atoms. The minimum absolute atomic E-state index is 0.157. The summed E-state index contributed by atoms with van der Waals surface area (Å²) in [6, 6.07) is 9.31. The molecule has 1 aromatic carbocycles. The van der Waals surface area contributed by atoms with Gasteiger partial charge in [-0.05, 0) is 24.8 Å². The first-order valence-electron chi connectivity index (χ1n) is 6.35. The lowest BCUT2D eigenvalue weighted by Gasteiger charge is -2.17. The van der Waals surface area contributed by atoms with Gasteiger partial charge in [-0.1, -0.05) is 42.5 Å². The van der Waals surface area contributed by atoms with Crippen molar-refractivity contribution in [2.75, 3.05) is 7.11 Å². The van der Waals surface area contributed by atoms with Crippen LogP contribution < -0.4 is 0 Å². The van der Waals surface area contributed by atoms with Crippen molar-refractivity contribution >= 4 is 0 Å². The van der Waals surface area contributed by atoms with Gasteiger partial charge in [0.25, 0.3) is 5.70 Å². The molecule has 1 aliphatic rings. The molecule has 0 fully saturated rings. The normalized spacial score (nSPS) is 19.0. The number of rotatable bonds is 4. The lowest BCUT2D eigenvalue weighted by Crippen LogP contribution is -2.15. The maximum atomic E-state index is 11.4. The zero-order chi connectivity index (χ0) is 13.7. The van der Waals surface area contributed by atoms with Gasteiger partial charge in [0.15, 0.2) is 6.10 Å². The Bertz CT molecular complexity index is 505. The van der Waals surface area contributed by atoms with Gasteiger partial charge in [-0.2, -0.15) is 0 Å². The molecule has 1 aromatic rings. The molecule has 2 rings (SSSR count). The van der Waals surface area contributed by atoms with Crippen LogP contribution in [0, 0.1) is 10.1 Å². The minimum Gasteiger partial charge on any atom is -0.365 e. The maximum Gasteiger partial charge on any atom is 0.282 e. The summed E-state index contributed by atoms with van der Waals surface area (Å²) in [6.07, 6.45) is 5.90. The molecule has 0 saturated carbocycles. The molecular formula is C15H17NO3. The second-order valence-corrected chi connectivity index (χ2v) is 4.49. The number of hydrogen-bond acceptors (Lipinski definition) is 3. The van der Waals surface area contributed by atoms with E-state index < -0.39 is 6.10 Å². The van der Waals surface area contributed by atoms with Crippen molar-refractivity contribution in [3.8, 4) is 0 Å². The zero-order valence-corrected chi connectivity index (χ0v) is 10.9. The first-order valence-corrected chi connectivity index (χ1v) is 6.35. The molecule has 0 saturated heterocycles. The van der Waals surface area contributed by atoms with E-state index in [0.717, 1.165) is 30.4 Å². The van der Waals surface area contributed by atoms with Crippen LogP contribution in [0.5, 0.6) is 0 Å². The Morgan fingerprint density at radius 3 is 2.63 bits per heavy atom. The molecule has 1 aliphatic carbocycles. The number of hydrogen-bond donors (Lipinski definition) is 0. The van der Waals surface area contributed by atoms with Gasteiger partial charge in [0, 0.05) is 12.7 Å². The monoisotopic (exact) mass is 259 g/mol. The van der Waals surface area contributed by atoms with E-state index in [1.54, 1.807) is 0 Å². The van der Waals surface area contributed by atoms with E-state index in [0.29, 0.717) is 0 Å². The van der Waals surface area contributed by atoms with Crippen molar-refractivity contribution in [3.05, 3.63) is 69.4 Å². The third-order valence-corrected chi connectivity index (χ3v) is 3.25. The predicted molar refractivity (Wildman–Crippen MR) is 73.2 cm³/mol. The van der Waals surface area contributed by atoms with E-state index in [1.165, 1.54) is 7.11 Å². The van der Waals surface area contributed by atoms with Crippen molar-refractivity contribution in [1.29, 1.82) is 0 Å². The van der Waals surface area contributed by atoms with E-state index >= 15 is 0 Å². The summed E-state index contributed by atoms with van der Waals surface area (Å²) in [5.74, 6) is 0. The third kappa shape index (κ3) is 3.09. The largest absolute Gasteiger partial charge is 0.365 e. The van der Waals surface area contributed by atoms with Gasteiger partial charge >= 0.3 is 0 Å². The first kappa shape index (κ1) is 13.5. The highest BCUT2D eigenvalue weighted by Crippen LogP contribution is 2.31. The van der Waals surface area contributed by atoms with Crippen LogP contribution in [0.4, 0.5) is 0 Å². The number of ether oxygens (including phenoxy) is 1. The average molecular weight is 259 g/mol. The van der Waals surface area contributed by atoms with Gasteiger partial charge in [0.1, 0.15) is 0 Å².